The summed E-state index contributed by atoms with van der Waals surface area (Å²) < 4.78 is 21.8. The fraction of sp³-hybridized carbons (Fsp3) is 0.550. The highest BCUT2D eigenvalue weighted by Crippen LogP contribution is 2.36. The molecule has 2 aromatic heterocycles. The Morgan fingerprint density at radius 3 is 2.83 bits per heavy atom. The molecule has 0 aliphatic carbocycles. The van der Waals surface area contributed by atoms with Crippen molar-refractivity contribution in [3.8, 4) is 0 Å². The molecule has 1 fully saturated rings. The molecule has 2 amide bonds. The van der Waals surface area contributed by atoms with E-state index in [0.29, 0.717) is 49.9 Å². The van der Waals surface area contributed by atoms with E-state index in [1.807, 2.05) is 11.9 Å². The predicted molar refractivity (Wildman–Crippen MR) is 112 cm³/mol. The van der Waals surface area contributed by atoms with Gasteiger partial charge < -0.3 is 19.9 Å². The molecule has 30 heavy (non-hydrogen) atoms. The van der Waals surface area contributed by atoms with Gasteiger partial charge in [0.25, 0.3) is 0 Å². The second-order valence-corrected chi connectivity index (χ2v) is 8.05. The molecule has 2 aliphatic rings. The first-order valence-electron chi connectivity index (χ1n) is 10.1. The third kappa shape index (κ3) is 3.72. The zero-order valence-electron chi connectivity index (χ0n) is 17.4. The van der Waals surface area contributed by atoms with Gasteiger partial charge in [0.15, 0.2) is 16.8 Å². The number of pyridine rings is 1. The van der Waals surface area contributed by atoms with Gasteiger partial charge in [0.2, 0.25) is 0 Å². The van der Waals surface area contributed by atoms with Crippen LogP contribution in [0.15, 0.2) is 6.07 Å². The lowest BCUT2D eigenvalue weighted by Gasteiger charge is -2.30. The van der Waals surface area contributed by atoms with Crippen LogP contribution in [0.5, 0.6) is 0 Å². The number of nitrogens with zero attached hydrogens (tertiary/aromatic N) is 5. The molecule has 10 heteroatoms. The van der Waals surface area contributed by atoms with E-state index in [1.165, 1.54) is 6.07 Å². The molecule has 8 nitrogen and oxygen atoms in total. The molecule has 0 radical (unpaired) electrons. The third-order valence-electron chi connectivity index (χ3n) is 5.88. The summed E-state index contributed by atoms with van der Waals surface area (Å²) in [6.45, 7) is 4.28. The number of anilines is 2. The first-order valence-corrected chi connectivity index (χ1v) is 10.5. The lowest BCUT2D eigenvalue weighted by Crippen LogP contribution is -2.41. The molecule has 0 saturated carbocycles. The monoisotopic (exact) mass is 436 g/mol. The van der Waals surface area contributed by atoms with Gasteiger partial charge in [-0.1, -0.05) is 11.6 Å². The summed E-state index contributed by atoms with van der Waals surface area (Å²) in [5, 5.41) is 7.50. The number of carbonyl (C=O) groups is 1. The Morgan fingerprint density at radius 2 is 2.13 bits per heavy atom. The highest BCUT2D eigenvalue weighted by Gasteiger charge is 2.32. The molecule has 0 spiro atoms. The van der Waals surface area contributed by atoms with Crippen molar-refractivity contribution in [2.24, 2.45) is 0 Å². The van der Waals surface area contributed by atoms with E-state index in [1.54, 1.807) is 18.9 Å². The molecule has 1 saturated heterocycles. The van der Waals surface area contributed by atoms with Crippen molar-refractivity contribution in [2.75, 3.05) is 38.8 Å². The number of hydrogen-bond donors (Lipinski definition) is 1. The molecule has 4 heterocycles. The van der Waals surface area contributed by atoms with Crippen LogP contribution in [0.1, 0.15) is 35.8 Å². The molecule has 0 aromatic carbocycles. The summed E-state index contributed by atoms with van der Waals surface area (Å²) in [6, 6.07) is 1.51. The van der Waals surface area contributed by atoms with Gasteiger partial charge in [0.1, 0.15) is 0 Å². The SMILES string of the molecule is CNC(=O)N1CCc2c(c(N(C)c3cc(F)c(Cl)nc3C)nn2C2CCOCC2)C1. The van der Waals surface area contributed by atoms with E-state index in [-0.39, 0.29) is 17.2 Å². The van der Waals surface area contributed by atoms with E-state index >= 15 is 0 Å². The highest BCUT2D eigenvalue weighted by molar-refractivity contribution is 6.29. The van der Waals surface area contributed by atoms with E-state index in [9.17, 15) is 9.18 Å². The standard InChI is InChI=1S/C20H26ClFN6O2/c1-12-17(10-15(22)18(21)24-12)26(3)19-14-11-27(20(29)23-2)7-4-16(14)28(25-19)13-5-8-30-9-6-13/h10,13H,4-9,11H2,1-3H3,(H,23,29). The third-order valence-corrected chi connectivity index (χ3v) is 6.14. The van der Waals surface area contributed by atoms with Crippen LogP contribution in [0.25, 0.3) is 0 Å². The van der Waals surface area contributed by atoms with Crippen molar-refractivity contribution < 1.29 is 13.9 Å². The van der Waals surface area contributed by atoms with E-state index in [4.69, 9.17) is 21.4 Å². The van der Waals surface area contributed by atoms with Crippen LogP contribution in [0.3, 0.4) is 0 Å². The summed E-state index contributed by atoms with van der Waals surface area (Å²) in [6.07, 6.45) is 2.51. The van der Waals surface area contributed by atoms with Gasteiger partial charge in [0.05, 0.1) is 24.0 Å². The topological polar surface area (TPSA) is 75.5 Å². The summed E-state index contributed by atoms with van der Waals surface area (Å²) in [5.74, 6) is 0.130. The number of hydrogen-bond acceptors (Lipinski definition) is 5. The zero-order valence-corrected chi connectivity index (χ0v) is 18.2. The van der Waals surface area contributed by atoms with Crippen molar-refractivity contribution in [2.45, 2.75) is 38.8 Å². The number of fused-ring (bicyclic) bond motifs is 1. The molecule has 2 aromatic rings. The minimum atomic E-state index is -0.575. The van der Waals surface area contributed by atoms with Gasteiger partial charge in [-0.25, -0.2) is 14.2 Å². The maximum Gasteiger partial charge on any atom is 0.317 e. The lowest BCUT2D eigenvalue weighted by molar-refractivity contribution is 0.0651. The molecule has 0 atom stereocenters. The number of halogens is 2. The quantitative estimate of drug-likeness (QED) is 0.748. The number of amides is 2. The highest BCUT2D eigenvalue weighted by atomic mass is 35.5. The van der Waals surface area contributed by atoms with Crippen molar-refractivity contribution in [1.29, 1.82) is 0 Å². The Hall–Kier alpha value is -2.39. The van der Waals surface area contributed by atoms with Gasteiger partial charge in [-0.05, 0) is 19.8 Å². The lowest BCUT2D eigenvalue weighted by atomic mass is 10.0. The van der Waals surface area contributed by atoms with E-state index < -0.39 is 5.82 Å². The normalized spacial score (nSPS) is 17.0. The Balaban J connectivity index is 1.78. The van der Waals surface area contributed by atoms with Crippen LogP contribution >= 0.6 is 11.6 Å². The van der Waals surface area contributed by atoms with Crippen LogP contribution in [0.2, 0.25) is 5.15 Å². The van der Waals surface area contributed by atoms with Gasteiger partial charge >= 0.3 is 6.03 Å². The van der Waals surface area contributed by atoms with Crippen molar-refractivity contribution >= 4 is 29.1 Å². The van der Waals surface area contributed by atoms with Gasteiger partial charge in [-0.2, -0.15) is 5.10 Å². The maximum absolute atomic E-state index is 14.2. The second kappa shape index (κ2) is 8.39. The summed E-state index contributed by atoms with van der Waals surface area (Å²) in [4.78, 5) is 20.0. The summed E-state index contributed by atoms with van der Waals surface area (Å²) in [7, 11) is 3.47. The van der Waals surface area contributed by atoms with Crippen LogP contribution in [0.4, 0.5) is 20.7 Å². The second-order valence-electron chi connectivity index (χ2n) is 7.69. The first kappa shape index (κ1) is 20.9. The Labute approximate surface area is 179 Å². The zero-order chi connectivity index (χ0) is 21.4. The Morgan fingerprint density at radius 1 is 1.40 bits per heavy atom. The number of nitrogens with one attached hydrogen (secondary N) is 1. The largest absolute Gasteiger partial charge is 0.381 e. The van der Waals surface area contributed by atoms with Crippen molar-refractivity contribution in [3.63, 3.8) is 0 Å². The smallest absolute Gasteiger partial charge is 0.317 e. The number of carbonyl (C=O) groups excluding carboxylic acids is 1. The summed E-state index contributed by atoms with van der Waals surface area (Å²) in [5.41, 5.74) is 3.31. The average molecular weight is 437 g/mol. The molecule has 4 rings (SSSR count). The Bertz CT molecular complexity index is 959. The molecule has 0 unspecified atom stereocenters. The first-order chi connectivity index (χ1) is 14.4. The number of urea groups is 1. The van der Waals surface area contributed by atoms with Crippen molar-refractivity contribution in [3.05, 3.63) is 34.0 Å². The van der Waals surface area contributed by atoms with Crippen molar-refractivity contribution in [1.82, 2.24) is 25.0 Å². The van der Waals surface area contributed by atoms with Gasteiger partial charge in [0, 0.05) is 57.6 Å². The number of aromatic nitrogens is 3. The van der Waals surface area contributed by atoms with Crippen LogP contribution in [-0.4, -0.2) is 59.5 Å². The molecule has 0 bridgehead atoms. The van der Waals surface area contributed by atoms with Crippen LogP contribution in [0, 0.1) is 12.7 Å². The number of rotatable bonds is 3. The maximum atomic E-state index is 14.2. The van der Waals surface area contributed by atoms with Crippen LogP contribution in [-0.2, 0) is 17.7 Å². The molecular formula is C20H26ClFN6O2. The van der Waals surface area contributed by atoms with E-state index in [0.717, 1.165) is 24.1 Å². The average Bonchev–Trinajstić information content (AvgIpc) is 3.14. The minimum absolute atomic E-state index is 0.122. The number of ether oxygens (including phenoxy) is 1. The molecular weight excluding hydrogens is 411 g/mol. The predicted octanol–water partition coefficient (Wildman–Crippen LogP) is 3.20. The molecule has 1 N–H and O–H groups in total. The van der Waals surface area contributed by atoms with Crippen LogP contribution < -0.4 is 10.2 Å². The molecule has 162 valence electrons. The molecule has 2 aliphatic heterocycles. The van der Waals surface area contributed by atoms with Gasteiger partial charge in [-0.3, -0.25) is 4.68 Å². The fourth-order valence-electron chi connectivity index (χ4n) is 4.26. The summed E-state index contributed by atoms with van der Waals surface area (Å²) >= 11 is 5.84. The fourth-order valence-corrected chi connectivity index (χ4v) is 4.44. The van der Waals surface area contributed by atoms with Gasteiger partial charge in [-0.15, -0.1) is 0 Å². The number of aryl methyl sites for hydroxylation is 1. The Kier molecular flexibility index (Phi) is 5.84. The van der Waals surface area contributed by atoms with E-state index in [2.05, 4.69) is 15.0 Å². The minimum Gasteiger partial charge on any atom is -0.381 e.